The second-order valence-electron chi connectivity index (χ2n) is 9.50. The number of rotatable bonds is 7. The molecule has 0 aliphatic carbocycles. The van der Waals surface area contributed by atoms with Crippen molar-refractivity contribution >= 4 is 35.1 Å². The van der Waals surface area contributed by atoms with Gasteiger partial charge in [-0.15, -0.1) is 0 Å². The van der Waals surface area contributed by atoms with Gasteiger partial charge in [0.25, 0.3) is 5.91 Å². The number of halogens is 4. The predicted molar refractivity (Wildman–Crippen MR) is 148 cm³/mol. The van der Waals surface area contributed by atoms with Gasteiger partial charge in [0.2, 0.25) is 0 Å². The zero-order chi connectivity index (χ0) is 30.0. The maximum atomic E-state index is 13.0. The van der Waals surface area contributed by atoms with Crippen LogP contribution in [0.2, 0.25) is 5.02 Å². The molecule has 222 valence electrons. The van der Waals surface area contributed by atoms with Crippen molar-refractivity contribution in [3.63, 3.8) is 0 Å². The highest BCUT2D eigenvalue weighted by molar-refractivity contribution is 6.33. The monoisotopic (exact) mass is 596 g/mol. The van der Waals surface area contributed by atoms with Gasteiger partial charge in [0.05, 0.1) is 16.1 Å². The number of carboxylic acids is 2. The van der Waals surface area contributed by atoms with Gasteiger partial charge < -0.3 is 20.0 Å². The van der Waals surface area contributed by atoms with Crippen molar-refractivity contribution in [1.82, 2.24) is 14.7 Å². The number of aliphatic carboxylic acids is 2. The van der Waals surface area contributed by atoms with Crippen molar-refractivity contribution in [3.05, 3.63) is 76.8 Å². The third kappa shape index (κ3) is 10.1. The first kappa shape index (κ1) is 31.9. The van der Waals surface area contributed by atoms with Crippen LogP contribution in [0.3, 0.4) is 0 Å². The number of anilines is 1. The molecule has 2 saturated heterocycles. The number of carboxylic acid groups (broad SMARTS) is 2. The van der Waals surface area contributed by atoms with Gasteiger partial charge in [-0.3, -0.25) is 14.6 Å². The van der Waals surface area contributed by atoms with Crippen molar-refractivity contribution in [3.8, 4) is 0 Å². The van der Waals surface area contributed by atoms with Crippen molar-refractivity contribution in [1.29, 1.82) is 0 Å². The van der Waals surface area contributed by atoms with E-state index in [9.17, 15) is 27.6 Å². The predicted octanol–water partition coefficient (Wildman–Crippen LogP) is 3.65. The fraction of sp³-hybridized carbons (Fsp3) is 0.393. The maximum absolute atomic E-state index is 13.0. The Bertz CT molecular complexity index is 1210. The molecule has 0 radical (unpaired) electrons. The highest BCUT2D eigenvalue weighted by Gasteiger charge is 2.31. The van der Waals surface area contributed by atoms with Gasteiger partial charge in [-0.05, 0) is 30.3 Å². The maximum Gasteiger partial charge on any atom is 0.416 e. The smallest absolute Gasteiger partial charge is 0.416 e. The molecule has 0 bridgehead atoms. The number of nitrogens with zero attached hydrogens (tertiary/aromatic N) is 4. The zero-order valence-corrected chi connectivity index (χ0v) is 23.0. The minimum absolute atomic E-state index is 0.0223. The Morgan fingerprint density at radius 2 is 1.32 bits per heavy atom. The van der Waals surface area contributed by atoms with Crippen LogP contribution in [0.4, 0.5) is 18.9 Å². The number of hydrogen-bond donors (Lipinski definition) is 2. The number of carbonyl (C=O) groups is 3. The summed E-state index contributed by atoms with van der Waals surface area (Å²) in [6.07, 6.45) is -3.20. The van der Waals surface area contributed by atoms with Crippen LogP contribution in [-0.2, 0) is 15.8 Å². The first-order chi connectivity index (χ1) is 19.4. The van der Waals surface area contributed by atoms with Gasteiger partial charge in [-0.1, -0.05) is 29.8 Å². The first-order valence-electron chi connectivity index (χ1n) is 13.0. The number of carbonyl (C=O) groups excluding carboxylic acids is 1. The number of hydrogen-bond acceptors (Lipinski definition) is 6. The van der Waals surface area contributed by atoms with Crippen molar-refractivity contribution in [2.24, 2.45) is 0 Å². The molecule has 1 amide bonds. The molecule has 0 saturated carbocycles. The average molecular weight is 597 g/mol. The molecule has 4 rings (SSSR count). The highest BCUT2D eigenvalue weighted by Crippen LogP contribution is 2.31. The first-order valence-corrected chi connectivity index (χ1v) is 13.4. The Kier molecular flexibility index (Phi) is 11.6. The second-order valence-corrected chi connectivity index (χ2v) is 9.91. The van der Waals surface area contributed by atoms with E-state index in [-0.39, 0.29) is 5.91 Å². The topological polar surface area (TPSA) is 105 Å². The Morgan fingerprint density at radius 1 is 0.780 bits per heavy atom. The van der Waals surface area contributed by atoms with E-state index in [1.807, 2.05) is 21.9 Å². The molecule has 0 unspecified atom stereocenters. The van der Waals surface area contributed by atoms with Crippen LogP contribution in [0.25, 0.3) is 0 Å². The molecule has 41 heavy (non-hydrogen) atoms. The van der Waals surface area contributed by atoms with Gasteiger partial charge in [0, 0.05) is 83.3 Å². The number of alkyl halides is 3. The largest absolute Gasteiger partial charge is 0.478 e. The van der Waals surface area contributed by atoms with Crippen LogP contribution in [-0.4, -0.2) is 108 Å². The van der Waals surface area contributed by atoms with Gasteiger partial charge in [-0.2, -0.15) is 13.2 Å². The van der Waals surface area contributed by atoms with E-state index in [2.05, 4.69) is 9.80 Å². The van der Waals surface area contributed by atoms with Crippen LogP contribution in [0.5, 0.6) is 0 Å². The minimum atomic E-state index is -4.32. The highest BCUT2D eigenvalue weighted by atomic mass is 35.5. The van der Waals surface area contributed by atoms with E-state index in [4.69, 9.17) is 21.8 Å². The summed E-state index contributed by atoms with van der Waals surface area (Å²) in [6, 6.07) is 12.7. The Hall–Kier alpha value is -3.61. The molecule has 2 N–H and O–H groups in total. The lowest BCUT2D eigenvalue weighted by Gasteiger charge is -2.39. The molecule has 2 aromatic rings. The third-order valence-corrected chi connectivity index (χ3v) is 7.11. The Labute approximate surface area is 241 Å². The average Bonchev–Trinajstić information content (AvgIpc) is 2.95. The Morgan fingerprint density at radius 3 is 1.83 bits per heavy atom. The molecule has 2 aromatic carbocycles. The normalized spacial score (nSPS) is 16.8. The minimum Gasteiger partial charge on any atom is -0.478 e. The number of amides is 1. The van der Waals surface area contributed by atoms with E-state index < -0.39 is 23.7 Å². The molecule has 2 fully saturated rings. The van der Waals surface area contributed by atoms with E-state index in [0.29, 0.717) is 54.6 Å². The standard InChI is InChI=1S/C24H28ClF3N4O.C4H4O4/c25-22-7-2-1-6-21(22)23(33)32-16-12-30(13-17-32)9-8-29-10-14-31(15-11-29)20-5-3-4-19(18-20)24(26,27)28;5-3(6)1-2-4(7)8/h1-7,18H,8-17H2;1-2H,(H,5,6)(H,7,8)/b;2-1+. The van der Waals surface area contributed by atoms with Gasteiger partial charge >= 0.3 is 18.1 Å². The molecule has 0 atom stereocenters. The lowest BCUT2D eigenvalue weighted by molar-refractivity contribution is -0.137. The molecule has 9 nitrogen and oxygen atoms in total. The van der Waals surface area contributed by atoms with Crippen LogP contribution >= 0.6 is 11.6 Å². The molecule has 13 heteroatoms. The fourth-order valence-corrected chi connectivity index (χ4v) is 4.73. The summed E-state index contributed by atoms with van der Waals surface area (Å²) >= 11 is 6.16. The summed E-state index contributed by atoms with van der Waals surface area (Å²) in [4.78, 5) is 40.4. The van der Waals surface area contributed by atoms with E-state index in [1.54, 1.807) is 18.2 Å². The van der Waals surface area contributed by atoms with E-state index in [1.165, 1.54) is 12.1 Å². The number of benzene rings is 2. The molecule has 2 heterocycles. The van der Waals surface area contributed by atoms with Crippen LogP contribution in [0, 0.1) is 0 Å². The van der Waals surface area contributed by atoms with Gasteiger partial charge in [0.15, 0.2) is 0 Å². The van der Waals surface area contributed by atoms with Crippen molar-refractivity contribution in [2.45, 2.75) is 6.18 Å². The summed E-state index contributed by atoms with van der Waals surface area (Å²) in [5, 5.41) is 16.1. The lowest BCUT2D eigenvalue weighted by atomic mass is 10.1. The molecular weight excluding hydrogens is 565 g/mol. The zero-order valence-electron chi connectivity index (χ0n) is 22.3. The van der Waals surface area contributed by atoms with Crippen LogP contribution in [0.15, 0.2) is 60.7 Å². The van der Waals surface area contributed by atoms with E-state index in [0.717, 1.165) is 45.3 Å². The Balaban J connectivity index is 0.000000507. The molecule has 2 aliphatic heterocycles. The van der Waals surface area contributed by atoms with Crippen molar-refractivity contribution < 1.29 is 37.8 Å². The summed E-state index contributed by atoms with van der Waals surface area (Å²) in [5.74, 6) is -2.54. The third-order valence-electron chi connectivity index (χ3n) is 6.78. The van der Waals surface area contributed by atoms with Gasteiger partial charge in [0.1, 0.15) is 0 Å². The van der Waals surface area contributed by atoms with Gasteiger partial charge in [-0.25, -0.2) is 9.59 Å². The number of piperazine rings is 2. The fourth-order valence-electron chi connectivity index (χ4n) is 4.51. The summed E-state index contributed by atoms with van der Waals surface area (Å²) < 4.78 is 39.0. The van der Waals surface area contributed by atoms with Crippen LogP contribution < -0.4 is 4.90 Å². The summed E-state index contributed by atoms with van der Waals surface area (Å²) in [7, 11) is 0. The van der Waals surface area contributed by atoms with E-state index >= 15 is 0 Å². The summed E-state index contributed by atoms with van der Waals surface area (Å²) in [6.45, 7) is 7.87. The van der Waals surface area contributed by atoms with Crippen molar-refractivity contribution in [2.75, 3.05) is 70.3 Å². The molecule has 2 aliphatic rings. The molecule has 0 spiro atoms. The molecule has 0 aromatic heterocycles. The van der Waals surface area contributed by atoms with Crippen LogP contribution in [0.1, 0.15) is 15.9 Å². The SMILES string of the molecule is O=C(O)/C=C/C(=O)O.O=C(c1ccccc1Cl)N1CCN(CCN2CCN(c3cccc(C(F)(F)F)c3)CC2)CC1. The quantitative estimate of drug-likeness (QED) is 0.467. The second kappa shape index (κ2) is 14.9. The summed E-state index contributed by atoms with van der Waals surface area (Å²) in [5.41, 5.74) is 0.574. The lowest BCUT2D eigenvalue weighted by Crippen LogP contribution is -2.52. The molecular formula is C28H32ClF3N4O5.